The minimum absolute atomic E-state index is 0.157. The summed E-state index contributed by atoms with van der Waals surface area (Å²) in [4.78, 5) is 67.1. The molecule has 2 aliphatic heterocycles. The number of anilines is 2. The van der Waals surface area contributed by atoms with E-state index in [1.807, 2.05) is 42.5 Å². The van der Waals surface area contributed by atoms with Crippen molar-refractivity contribution in [2.24, 2.45) is 5.92 Å². The van der Waals surface area contributed by atoms with Gasteiger partial charge < -0.3 is 15.0 Å². The van der Waals surface area contributed by atoms with Crippen LogP contribution in [0, 0.1) is 16.0 Å². The van der Waals surface area contributed by atoms with Crippen molar-refractivity contribution in [1.82, 2.24) is 4.98 Å². The van der Waals surface area contributed by atoms with Crippen LogP contribution in [0.1, 0.15) is 16.4 Å². The molecule has 0 bridgehead atoms. The maximum atomic E-state index is 13.8. The van der Waals surface area contributed by atoms with Gasteiger partial charge in [-0.2, -0.15) is 0 Å². The van der Waals surface area contributed by atoms with E-state index in [0.717, 1.165) is 38.8 Å². The maximum absolute atomic E-state index is 13.8. The van der Waals surface area contributed by atoms with Gasteiger partial charge in [-0.3, -0.25) is 29.3 Å². The van der Waals surface area contributed by atoms with E-state index in [2.05, 4.69) is 10.3 Å². The number of H-pyrrole nitrogens is 1. The molecule has 2 aliphatic rings. The van der Waals surface area contributed by atoms with Crippen molar-refractivity contribution >= 4 is 68.7 Å². The first kappa shape index (κ1) is 28.5. The van der Waals surface area contributed by atoms with Gasteiger partial charge in [0.15, 0.2) is 6.61 Å². The van der Waals surface area contributed by atoms with Crippen molar-refractivity contribution in [3.63, 3.8) is 0 Å². The zero-order valence-corrected chi connectivity index (χ0v) is 24.8. The number of benzene rings is 4. The Kier molecular flexibility index (Phi) is 7.18. The Labute approximate surface area is 263 Å². The summed E-state index contributed by atoms with van der Waals surface area (Å²) < 4.78 is 5.72. The summed E-state index contributed by atoms with van der Waals surface area (Å²) in [5.74, 6) is -2.21. The lowest BCUT2D eigenvalue weighted by molar-refractivity contribution is -0.384. The highest BCUT2D eigenvalue weighted by atomic mass is 32.2. The number of nitrogens with zero attached hydrogens (tertiary/aromatic N) is 2. The van der Waals surface area contributed by atoms with E-state index in [9.17, 15) is 29.3 Å². The molecule has 13 heteroatoms. The van der Waals surface area contributed by atoms with Crippen molar-refractivity contribution in [2.75, 3.05) is 16.8 Å². The van der Waals surface area contributed by atoms with Gasteiger partial charge in [0.05, 0.1) is 21.6 Å². The number of rotatable bonds is 7. The number of ether oxygens (including phenoxy) is 1. The predicted octanol–water partition coefficient (Wildman–Crippen LogP) is 5.31. The number of thioether (sulfide) groups is 1. The highest BCUT2D eigenvalue weighted by Crippen LogP contribution is 2.53. The van der Waals surface area contributed by atoms with Gasteiger partial charge in [0.2, 0.25) is 11.8 Å². The van der Waals surface area contributed by atoms with Crippen LogP contribution in [0.3, 0.4) is 0 Å². The second-order valence-electron chi connectivity index (χ2n) is 10.5. The summed E-state index contributed by atoms with van der Waals surface area (Å²) in [5.41, 5.74) is 1.44. The molecule has 11 nitrogen and oxygen atoms in total. The lowest BCUT2D eigenvalue weighted by Gasteiger charge is -2.29. The molecule has 3 atom stereocenters. The quantitative estimate of drug-likeness (QED) is 0.138. The Morgan fingerprint density at radius 3 is 2.40 bits per heavy atom. The third-order valence-corrected chi connectivity index (χ3v) is 10.2. The van der Waals surface area contributed by atoms with E-state index in [0.29, 0.717) is 26.9 Å². The average Bonchev–Trinajstić information content (AvgIpc) is 3.54. The van der Waals surface area contributed by atoms with E-state index in [1.165, 1.54) is 24.3 Å². The van der Waals surface area contributed by atoms with E-state index >= 15 is 0 Å². The van der Waals surface area contributed by atoms with Gasteiger partial charge in [-0.25, -0.2) is 4.90 Å². The average molecular weight is 639 g/mol. The van der Waals surface area contributed by atoms with Crippen LogP contribution in [-0.2, 0) is 14.4 Å². The molecule has 1 fully saturated rings. The van der Waals surface area contributed by atoms with Gasteiger partial charge >= 0.3 is 4.87 Å². The second-order valence-corrected chi connectivity index (χ2v) is 12.7. The number of nitrogens with one attached hydrogen (secondary N) is 2. The lowest BCUT2D eigenvalue weighted by Crippen LogP contribution is -2.32. The van der Waals surface area contributed by atoms with Crippen LogP contribution >= 0.6 is 23.1 Å². The van der Waals surface area contributed by atoms with Gasteiger partial charge in [0, 0.05) is 28.6 Å². The van der Waals surface area contributed by atoms with Gasteiger partial charge in [-0.1, -0.05) is 65.6 Å². The Hall–Kier alpha value is -5.27. The molecule has 1 saturated heterocycles. The van der Waals surface area contributed by atoms with E-state index in [4.69, 9.17) is 4.74 Å². The molecule has 0 radical (unpaired) electrons. The summed E-state index contributed by atoms with van der Waals surface area (Å²) >= 11 is 2.14. The molecular weight excluding hydrogens is 617 g/mol. The van der Waals surface area contributed by atoms with Gasteiger partial charge in [-0.15, -0.1) is 0 Å². The number of carbonyl (C=O) groups is 3. The fourth-order valence-corrected chi connectivity index (χ4v) is 8.25. The highest BCUT2D eigenvalue weighted by molar-refractivity contribution is 8.00. The molecule has 1 aromatic heterocycles. The first-order chi connectivity index (χ1) is 21.8. The molecule has 3 amide bonds. The molecule has 2 N–H and O–H groups in total. The smallest absolute Gasteiger partial charge is 0.305 e. The summed E-state index contributed by atoms with van der Waals surface area (Å²) in [6, 6.07) is 25.6. The van der Waals surface area contributed by atoms with Gasteiger partial charge in [-0.05, 0) is 52.7 Å². The van der Waals surface area contributed by atoms with Crippen molar-refractivity contribution in [1.29, 1.82) is 0 Å². The number of non-ortho nitro benzene ring substituents is 1. The standard InChI is InChI=1S/C32H22N4O7S2/c37-24(33-20-8-5-17-3-1-2-4-19(17)15-20)16-43-23-13-6-18(7-14-23)25-26-28(44-29-27(25)45-32(40)34-29)31(39)35(30(26)38)21-9-11-22(12-10-21)36(41)42/h1-15,25-26,28H,16H2,(H,33,37)(H,34,40)/t25-,26?,28?/m1/s1. The highest BCUT2D eigenvalue weighted by Gasteiger charge is 2.56. The minimum atomic E-state index is -0.809. The summed E-state index contributed by atoms with van der Waals surface area (Å²) in [6.45, 7) is -0.225. The molecule has 45 heavy (non-hydrogen) atoms. The van der Waals surface area contributed by atoms with Crippen LogP contribution in [0.15, 0.2) is 101 Å². The normalized spacial score (nSPS) is 18.8. The van der Waals surface area contributed by atoms with E-state index < -0.39 is 33.8 Å². The van der Waals surface area contributed by atoms with Crippen LogP contribution in [0.25, 0.3) is 10.8 Å². The van der Waals surface area contributed by atoms with Crippen LogP contribution in [0.4, 0.5) is 17.1 Å². The van der Waals surface area contributed by atoms with Crippen LogP contribution < -0.4 is 19.8 Å². The van der Waals surface area contributed by atoms with Gasteiger partial charge in [0.1, 0.15) is 11.0 Å². The molecule has 4 aromatic carbocycles. The molecular formula is C32H22N4O7S2. The van der Waals surface area contributed by atoms with Crippen molar-refractivity contribution in [3.8, 4) is 5.75 Å². The number of aromatic amines is 1. The first-order valence-corrected chi connectivity index (χ1v) is 15.5. The van der Waals surface area contributed by atoms with Gasteiger partial charge in [0.25, 0.3) is 11.6 Å². The molecule has 2 unspecified atom stereocenters. The van der Waals surface area contributed by atoms with Crippen LogP contribution in [0.2, 0.25) is 0 Å². The minimum Gasteiger partial charge on any atom is -0.484 e. The second kappa shape index (κ2) is 11.3. The number of hydrogen-bond donors (Lipinski definition) is 2. The zero-order chi connectivity index (χ0) is 31.2. The molecule has 0 spiro atoms. The van der Waals surface area contributed by atoms with Crippen molar-refractivity contribution in [2.45, 2.75) is 16.2 Å². The largest absolute Gasteiger partial charge is 0.484 e. The Morgan fingerprint density at radius 1 is 0.933 bits per heavy atom. The fraction of sp³-hybridized carbons (Fsp3) is 0.125. The summed E-state index contributed by atoms with van der Waals surface area (Å²) in [6.07, 6.45) is 0. The monoisotopic (exact) mass is 638 g/mol. The molecule has 3 heterocycles. The Morgan fingerprint density at radius 2 is 1.67 bits per heavy atom. The van der Waals surface area contributed by atoms with Crippen molar-refractivity contribution in [3.05, 3.63) is 121 Å². The number of nitro benzene ring substituents is 1. The molecule has 0 saturated carbocycles. The third-order valence-electron chi connectivity index (χ3n) is 7.79. The van der Waals surface area contributed by atoms with E-state index in [1.54, 1.807) is 24.3 Å². The summed E-state index contributed by atoms with van der Waals surface area (Å²) in [5, 5.41) is 15.7. The number of hydrogen-bond acceptors (Lipinski definition) is 9. The Bertz CT molecular complexity index is 2060. The Balaban J connectivity index is 1.10. The van der Waals surface area contributed by atoms with Crippen LogP contribution in [0.5, 0.6) is 5.75 Å². The summed E-state index contributed by atoms with van der Waals surface area (Å²) in [7, 11) is 0. The number of carbonyl (C=O) groups excluding carboxylic acids is 3. The molecule has 224 valence electrons. The number of nitro groups is 1. The number of thiazole rings is 1. The topological polar surface area (TPSA) is 152 Å². The molecule has 7 rings (SSSR count). The fourth-order valence-electron chi connectivity index (χ4n) is 5.74. The lowest BCUT2D eigenvalue weighted by atomic mass is 9.83. The zero-order valence-electron chi connectivity index (χ0n) is 23.2. The van der Waals surface area contributed by atoms with E-state index in [-0.39, 0.29) is 28.8 Å². The SMILES string of the molecule is O=C(COc1ccc([C@H]2c3sc(=O)[nH]c3SC3C(=O)N(c4ccc([N+](=O)[O-])cc4)C(=O)C32)cc1)Nc1ccc2ccccc2c1. The number of aromatic nitrogens is 1. The van der Waals surface area contributed by atoms with Crippen molar-refractivity contribution < 1.29 is 24.0 Å². The first-order valence-electron chi connectivity index (χ1n) is 13.8. The van der Waals surface area contributed by atoms with Crippen LogP contribution in [-0.4, -0.2) is 39.5 Å². The maximum Gasteiger partial charge on any atom is 0.305 e. The predicted molar refractivity (Wildman–Crippen MR) is 170 cm³/mol. The third kappa shape index (κ3) is 5.25. The molecule has 5 aromatic rings. The number of fused-ring (bicyclic) bond motifs is 3. The molecule has 0 aliphatic carbocycles. The number of imide groups is 1. The number of amides is 3.